The molecule has 2 aromatic rings. The average Bonchev–Trinajstić information content (AvgIpc) is 3.57. The van der Waals surface area contributed by atoms with E-state index in [1.165, 1.54) is 5.56 Å². The quantitative estimate of drug-likeness (QED) is 0.793. The third-order valence-electron chi connectivity index (χ3n) is 7.20. The zero-order valence-electron chi connectivity index (χ0n) is 17.8. The second kappa shape index (κ2) is 7.88. The van der Waals surface area contributed by atoms with Crippen molar-refractivity contribution in [2.75, 3.05) is 20.1 Å². The molecule has 158 valence electrons. The van der Waals surface area contributed by atoms with E-state index >= 15 is 0 Å². The fraction of sp³-hybridized carbons (Fsp3) is 0.440. The molecule has 4 rings (SSSR count). The van der Waals surface area contributed by atoms with Crippen molar-refractivity contribution < 1.29 is 14.7 Å². The van der Waals surface area contributed by atoms with Crippen LogP contribution < -0.4 is 0 Å². The average molecular weight is 407 g/mol. The van der Waals surface area contributed by atoms with Gasteiger partial charge in [-0.15, -0.1) is 0 Å². The smallest absolute Gasteiger partial charge is 0.314 e. The Morgan fingerprint density at radius 1 is 0.967 bits per heavy atom. The third-order valence-corrected chi connectivity index (χ3v) is 7.20. The summed E-state index contributed by atoms with van der Waals surface area (Å²) in [5.41, 5.74) is 2.30. The van der Waals surface area contributed by atoms with Gasteiger partial charge in [0, 0.05) is 33.6 Å². The summed E-state index contributed by atoms with van der Waals surface area (Å²) in [5.74, 6) is -0.630. The van der Waals surface area contributed by atoms with Gasteiger partial charge in [-0.25, -0.2) is 0 Å². The maximum absolute atomic E-state index is 12.3. The molecule has 1 aliphatic heterocycles. The molecule has 1 amide bonds. The number of carboxylic acids is 1. The van der Waals surface area contributed by atoms with Gasteiger partial charge in [0.15, 0.2) is 0 Å². The van der Waals surface area contributed by atoms with Crippen molar-refractivity contribution >= 4 is 11.9 Å². The minimum atomic E-state index is -0.709. The first-order chi connectivity index (χ1) is 14.4. The van der Waals surface area contributed by atoms with E-state index in [0.717, 1.165) is 56.4 Å². The molecule has 0 bridgehead atoms. The highest BCUT2D eigenvalue weighted by Crippen LogP contribution is 2.50. The molecule has 0 unspecified atom stereocenters. The molecule has 0 aromatic heterocycles. The summed E-state index contributed by atoms with van der Waals surface area (Å²) >= 11 is 0. The van der Waals surface area contributed by atoms with Gasteiger partial charge in [-0.1, -0.05) is 54.6 Å². The number of likely N-dealkylation sites (tertiary alicyclic amines) is 1. The molecule has 1 saturated heterocycles. The van der Waals surface area contributed by atoms with Gasteiger partial charge in [-0.05, 0) is 42.4 Å². The Kier molecular flexibility index (Phi) is 5.41. The van der Waals surface area contributed by atoms with Gasteiger partial charge in [0.25, 0.3) is 0 Å². The van der Waals surface area contributed by atoms with Crippen molar-refractivity contribution in [2.45, 2.75) is 50.1 Å². The molecule has 30 heavy (non-hydrogen) atoms. The summed E-state index contributed by atoms with van der Waals surface area (Å²) in [6, 6.07) is 18.3. The van der Waals surface area contributed by atoms with Crippen LogP contribution in [0.2, 0.25) is 0 Å². The number of amides is 1. The Balaban J connectivity index is 1.54. The van der Waals surface area contributed by atoms with Gasteiger partial charge in [0.05, 0.1) is 11.0 Å². The number of carbonyl (C=O) groups is 2. The number of carboxylic acid groups (broad SMARTS) is 1. The predicted molar refractivity (Wildman–Crippen MR) is 116 cm³/mol. The summed E-state index contributed by atoms with van der Waals surface area (Å²) in [4.78, 5) is 28.4. The van der Waals surface area contributed by atoms with E-state index in [0.29, 0.717) is 0 Å². The highest BCUT2D eigenvalue weighted by atomic mass is 16.4. The van der Waals surface area contributed by atoms with E-state index in [2.05, 4.69) is 23.1 Å². The molecule has 1 saturated carbocycles. The highest BCUT2D eigenvalue weighted by Gasteiger charge is 2.52. The summed E-state index contributed by atoms with van der Waals surface area (Å²) < 4.78 is 0. The second-order valence-electron chi connectivity index (χ2n) is 8.80. The second-order valence-corrected chi connectivity index (χ2v) is 8.80. The largest absolute Gasteiger partial charge is 0.481 e. The standard InChI is InChI=1S/C25H30N2O3/c1-19(28)26(2)25(21-9-4-3-5-10-21)14-16-27(17-15-25)18-20-8-6-7-11-22(20)24(12-13-24)23(29)30/h3-11H,12-18H2,1-2H3,(H,29,30). The number of hydrogen-bond donors (Lipinski definition) is 1. The zero-order valence-corrected chi connectivity index (χ0v) is 17.8. The lowest BCUT2D eigenvalue weighted by Gasteiger charge is -2.47. The SMILES string of the molecule is CC(=O)N(C)C1(c2ccccc2)CCN(Cc2ccccc2C2(C(=O)O)CC2)CC1. The van der Waals surface area contributed by atoms with Gasteiger partial charge < -0.3 is 10.0 Å². The Hall–Kier alpha value is -2.66. The Morgan fingerprint density at radius 3 is 2.13 bits per heavy atom. The summed E-state index contributed by atoms with van der Waals surface area (Å²) in [7, 11) is 1.91. The van der Waals surface area contributed by atoms with Crippen LogP contribution >= 0.6 is 0 Å². The zero-order chi connectivity index (χ0) is 21.4. The normalized spacial score (nSPS) is 19.8. The lowest BCUT2D eigenvalue weighted by molar-refractivity contribution is -0.140. The molecule has 1 N–H and O–H groups in total. The van der Waals surface area contributed by atoms with Crippen LogP contribution in [0.4, 0.5) is 0 Å². The fourth-order valence-corrected chi connectivity index (χ4v) is 5.04. The predicted octanol–water partition coefficient (Wildman–Crippen LogP) is 3.77. The maximum atomic E-state index is 12.3. The summed E-state index contributed by atoms with van der Waals surface area (Å²) in [5, 5.41) is 9.74. The first kappa shape index (κ1) is 20.6. The first-order valence-corrected chi connectivity index (χ1v) is 10.7. The maximum Gasteiger partial charge on any atom is 0.314 e. The first-order valence-electron chi connectivity index (χ1n) is 10.7. The number of nitrogens with zero attached hydrogens (tertiary/aromatic N) is 2. The highest BCUT2D eigenvalue weighted by molar-refractivity contribution is 5.85. The molecule has 2 aromatic carbocycles. The van der Waals surface area contributed by atoms with Crippen molar-refractivity contribution in [3.05, 3.63) is 71.3 Å². The number of benzene rings is 2. The van der Waals surface area contributed by atoms with Crippen LogP contribution in [-0.2, 0) is 27.1 Å². The number of carbonyl (C=O) groups excluding carboxylic acids is 1. The summed E-state index contributed by atoms with van der Waals surface area (Å²) in [6.07, 6.45) is 3.17. The molecule has 2 fully saturated rings. The Morgan fingerprint density at radius 2 is 1.57 bits per heavy atom. The van der Waals surface area contributed by atoms with E-state index in [9.17, 15) is 14.7 Å². The molecular weight excluding hydrogens is 376 g/mol. The minimum absolute atomic E-state index is 0.0785. The van der Waals surface area contributed by atoms with Crippen LogP contribution in [0.1, 0.15) is 49.3 Å². The van der Waals surface area contributed by atoms with E-state index in [-0.39, 0.29) is 11.4 Å². The molecule has 0 spiro atoms. The lowest BCUT2D eigenvalue weighted by Crippen LogP contribution is -2.53. The number of piperidine rings is 1. The van der Waals surface area contributed by atoms with E-state index < -0.39 is 11.4 Å². The van der Waals surface area contributed by atoms with Crippen LogP contribution in [-0.4, -0.2) is 46.9 Å². The van der Waals surface area contributed by atoms with Gasteiger partial charge in [0.2, 0.25) is 5.91 Å². The van der Waals surface area contributed by atoms with E-state index in [4.69, 9.17) is 0 Å². The molecule has 5 nitrogen and oxygen atoms in total. The van der Waals surface area contributed by atoms with Crippen LogP contribution in [0.25, 0.3) is 0 Å². The third kappa shape index (κ3) is 3.52. The van der Waals surface area contributed by atoms with Crippen LogP contribution in [0.3, 0.4) is 0 Å². The molecule has 1 aliphatic carbocycles. The van der Waals surface area contributed by atoms with Gasteiger partial charge in [-0.2, -0.15) is 0 Å². The molecule has 0 radical (unpaired) electrons. The minimum Gasteiger partial charge on any atom is -0.481 e. The fourth-order valence-electron chi connectivity index (χ4n) is 5.04. The van der Waals surface area contributed by atoms with Crippen molar-refractivity contribution in [2.24, 2.45) is 0 Å². The number of hydrogen-bond acceptors (Lipinski definition) is 3. The number of rotatable bonds is 6. The summed E-state index contributed by atoms with van der Waals surface area (Å²) in [6.45, 7) is 4.11. The number of aliphatic carboxylic acids is 1. The molecule has 5 heteroatoms. The Labute approximate surface area is 178 Å². The van der Waals surface area contributed by atoms with Crippen LogP contribution in [0.15, 0.2) is 54.6 Å². The van der Waals surface area contributed by atoms with Crippen LogP contribution in [0, 0.1) is 0 Å². The Bertz CT molecular complexity index is 928. The van der Waals surface area contributed by atoms with Crippen molar-refractivity contribution in [1.82, 2.24) is 9.80 Å². The molecule has 2 aliphatic rings. The molecule has 0 atom stereocenters. The van der Waals surface area contributed by atoms with Crippen LogP contribution in [0.5, 0.6) is 0 Å². The van der Waals surface area contributed by atoms with Gasteiger partial charge in [0.1, 0.15) is 0 Å². The lowest BCUT2D eigenvalue weighted by atomic mass is 9.79. The molecule has 1 heterocycles. The monoisotopic (exact) mass is 406 g/mol. The van der Waals surface area contributed by atoms with Crippen molar-refractivity contribution in [3.8, 4) is 0 Å². The molecular formula is C25H30N2O3. The van der Waals surface area contributed by atoms with E-state index in [1.54, 1.807) is 6.92 Å². The van der Waals surface area contributed by atoms with E-state index in [1.807, 2.05) is 48.3 Å². The van der Waals surface area contributed by atoms with Crippen molar-refractivity contribution in [3.63, 3.8) is 0 Å². The van der Waals surface area contributed by atoms with Crippen molar-refractivity contribution in [1.29, 1.82) is 0 Å². The topological polar surface area (TPSA) is 60.9 Å². The van der Waals surface area contributed by atoms with Gasteiger partial charge >= 0.3 is 5.97 Å². The van der Waals surface area contributed by atoms with Gasteiger partial charge in [-0.3, -0.25) is 14.5 Å².